The lowest BCUT2D eigenvalue weighted by Gasteiger charge is -2.23. The molecule has 1 fully saturated rings. The molecular weight excluding hydrogens is 334 g/mol. The number of nitrogens with one attached hydrogen (secondary N) is 1. The van der Waals surface area contributed by atoms with Gasteiger partial charge >= 0.3 is 0 Å². The number of hydrogen-bond donors (Lipinski definition) is 1. The average molecular weight is 347 g/mol. The molecule has 0 saturated heterocycles. The third-order valence-electron chi connectivity index (χ3n) is 3.57. The molecule has 3 rings (SSSR count). The molecule has 0 spiro atoms. The number of halogens is 3. The molecule has 2 unspecified atom stereocenters. The van der Waals surface area contributed by atoms with Crippen molar-refractivity contribution in [1.82, 2.24) is 0 Å². The van der Waals surface area contributed by atoms with E-state index < -0.39 is 11.6 Å². The van der Waals surface area contributed by atoms with Crippen LogP contribution in [0.4, 0.5) is 14.5 Å². The predicted molar refractivity (Wildman–Crippen MR) is 78.7 cm³/mol. The van der Waals surface area contributed by atoms with E-state index in [1.165, 1.54) is 25.0 Å². The van der Waals surface area contributed by atoms with Crippen LogP contribution in [-0.4, -0.2) is 17.0 Å². The van der Waals surface area contributed by atoms with E-state index in [4.69, 9.17) is 0 Å². The monoisotopic (exact) mass is 346 g/mol. The van der Waals surface area contributed by atoms with E-state index >= 15 is 0 Å². The summed E-state index contributed by atoms with van der Waals surface area (Å²) in [6, 6.07) is 2.82. The second-order valence-corrected chi connectivity index (χ2v) is 6.80. The summed E-state index contributed by atoms with van der Waals surface area (Å²) in [5.74, 6) is 0.401. The standard InChI is InChI=1S/C13H13BrF2N2S/c14-8-4-9(15)12(10(16)5-8)18-13-17-11-3-1-2-7(11)6-19-13/h4-5,7,11H,1-3,6H2,(H,17,18). The van der Waals surface area contributed by atoms with Crippen molar-refractivity contribution >= 4 is 38.5 Å². The van der Waals surface area contributed by atoms with Gasteiger partial charge in [-0.15, -0.1) is 0 Å². The van der Waals surface area contributed by atoms with Crippen LogP contribution in [0.5, 0.6) is 0 Å². The van der Waals surface area contributed by atoms with Gasteiger partial charge in [-0.3, -0.25) is 4.99 Å². The van der Waals surface area contributed by atoms with Crippen molar-refractivity contribution in [3.8, 4) is 0 Å². The highest BCUT2D eigenvalue weighted by Gasteiger charge is 2.31. The van der Waals surface area contributed by atoms with E-state index in [1.54, 1.807) is 11.8 Å². The fraction of sp³-hybridized carbons (Fsp3) is 0.462. The smallest absolute Gasteiger partial charge is 0.161 e. The Morgan fingerprint density at radius 1 is 1.26 bits per heavy atom. The summed E-state index contributed by atoms with van der Waals surface area (Å²) in [5.41, 5.74) is -0.120. The zero-order valence-corrected chi connectivity index (χ0v) is 12.5. The first-order valence-electron chi connectivity index (χ1n) is 6.25. The molecule has 1 aromatic carbocycles. The van der Waals surface area contributed by atoms with E-state index in [9.17, 15) is 8.78 Å². The van der Waals surface area contributed by atoms with Crippen molar-refractivity contribution < 1.29 is 8.78 Å². The molecule has 0 bridgehead atoms. The van der Waals surface area contributed by atoms with Crippen molar-refractivity contribution in [2.45, 2.75) is 25.3 Å². The van der Waals surface area contributed by atoms with Crippen molar-refractivity contribution in [1.29, 1.82) is 0 Å². The minimum Gasteiger partial charge on any atom is -0.330 e. The molecule has 102 valence electrons. The third-order valence-corrected chi connectivity index (χ3v) is 5.11. The van der Waals surface area contributed by atoms with Crippen LogP contribution in [0.25, 0.3) is 0 Å². The zero-order valence-electron chi connectivity index (χ0n) is 10.1. The zero-order chi connectivity index (χ0) is 13.4. The average Bonchev–Trinajstić information content (AvgIpc) is 2.81. The number of rotatable bonds is 1. The highest BCUT2D eigenvalue weighted by atomic mass is 79.9. The molecule has 2 atom stereocenters. The topological polar surface area (TPSA) is 24.4 Å². The second-order valence-electron chi connectivity index (χ2n) is 4.87. The van der Waals surface area contributed by atoms with E-state index in [0.717, 1.165) is 12.2 Å². The Balaban J connectivity index is 1.82. The van der Waals surface area contributed by atoms with E-state index in [2.05, 4.69) is 26.2 Å². The molecule has 1 N–H and O–H groups in total. The number of amidine groups is 1. The summed E-state index contributed by atoms with van der Waals surface area (Å²) in [4.78, 5) is 4.57. The maximum Gasteiger partial charge on any atom is 0.161 e. The van der Waals surface area contributed by atoms with Gasteiger partial charge in [0.1, 0.15) is 5.69 Å². The summed E-state index contributed by atoms with van der Waals surface area (Å²) in [6.07, 6.45) is 3.50. The number of aliphatic imine (C=N–C) groups is 1. The fourth-order valence-electron chi connectivity index (χ4n) is 2.59. The first kappa shape index (κ1) is 13.4. The molecular formula is C13H13BrF2N2S. The number of anilines is 1. The minimum absolute atomic E-state index is 0.120. The Morgan fingerprint density at radius 2 is 2.00 bits per heavy atom. The van der Waals surface area contributed by atoms with Gasteiger partial charge in [-0.25, -0.2) is 8.78 Å². The number of benzene rings is 1. The van der Waals surface area contributed by atoms with Crippen LogP contribution in [0.15, 0.2) is 21.6 Å². The maximum absolute atomic E-state index is 13.7. The maximum atomic E-state index is 13.7. The van der Waals surface area contributed by atoms with Crippen LogP contribution >= 0.6 is 27.7 Å². The number of thioether (sulfide) groups is 1. The molecule has 19 heavy (non-hydrogen) atoms. The molecule has 1 saturated carbocycles. The molecule has 1 heterocycles. The van der Waals surface area contributed by atoms with Gasteiger partial charge in [0.15, 0.2) is 16.8 Å². The molecule has 6 heteroatoms. The Kier molecular flexibility index (Phi) is 3.80. The summed E-state index contributed by atoms with van der Waals surface area (Å²) < 4.78 is 27.9. The molecule has 1 aromatic rings. The Labute approximate surface area is 123 Å². The highest BCUT2D eigenvalue weighted by Crippen LogP contribution is 2.36. The van der Waals surface area contributed by atoms with Crippen LogP contribution in [-0.2, 0) is 0 Å². The van der Waals surface area contributed by atoms with E-state index in [1.807, 2.05) is 0 Å². The lowest BCUT2D eigenvalue weighted by atomic mass is 10.1. The molecule has 1 aliphatic carbocycles. The van der Waals surface area contributed by atoms with Crippen LogP contribution in [0.2, 0.25) is 0 Å². The number of nitrogens with zero attached hydrogens (tertiary/aromatic N) is 1. The SMILES string of the molecule is Fc1cc(Br)cc(F)c1NC1=NC2CCCC2CS1. The summed E-state index contributed by atoms with van der Waals surface area (Å²) in [7, 11) is 0. The quantitative estimate of drug-likeness (QED) is 0.814. The van der Waals surface area contributed by atoms with Crippen LogP contribution in [0, 0.1) is 17.6 Å². The summed E-state index contributed by atoms with van der Waals surface area (Å²) in [6.45, 7) is 0. The second kappa shape index (κ2) is 5.40. The van der Waals surface area contributed by atoms with Gasteiger partial charge < -0.3 is 5.32 Å². The van der Waals surface area contributed by atoms with Gasteiger partial charge in [0.25, 0.3) is 0 Å². The number of fused-ring (bicyclic) bond motifs is 1. The third kappa shape index (κ3) is 2.79. The van der Waals surface area contributed by atoms with Gasteiger partial charge in [-0.1, -0.05) is 34.1 Å². The largest absolute Gasteiger partial charge is 0.330 e. The molecule has 1 aliphatic heterocycles. The molecule has 2 nitrogen and oxygen atoms in total. The minimum atomic E-state index is -0.608. The lowest BCUT2D eigenvalue weighted by Crippen LogP contribution is -2.25. The lowest BCUT2D eigenvalue weighted by molar-refractivity contribution is 0.535. The van der Waals surface area contributed by atoms with Crippen molar-refractivity contribution in [2.24, 2.45) is 10.9 Å². The highest BCUT2D eigenvalue weighted by molar-refractivity contribution is 9.10. The Morgan fingerprint density at radius 3 is 2.74 bits per heavy atom. The van der Waals surface area contributed by atoms with Gasteiger partial charge in [0, 0.05) is 10.2 Å². The predicted octanol–water partition coefficient (Wildman–Crippen LogP) is 4.41. The van der Waals surface area contributed by atoms with E-state index in [-0.39, 0.29) is 5.69 Å². The Hall–Kier alpha value is -0.620. The first-order chi connectivity index (χ1) is 9.13. The van der Waals surface area contributed by atoms with Gasteiger partial charge in [-0.05, 0) is 30.9 Å². The van der Waals surface area contributed by atoms with Gasteiger partial charge in [-0.2, -0.15) is 0 Å². The molecule has 0 aromatic heterocycles. The van der Waals surface area contributed by atoms with E-state index in [0.29, 0.717) is 21.6 Å². The molecule has 2 aliphatic rings. The normalized spacial score (nSPS) is 25.9. The Bertz CT molecular complexity index is 512. The van der Waals surface area contributed by atoms with Crippen molar-refractivity contribution in [2.75, 3.05) is 11.1 Å². The van der Waals surface area contributed by atoms with Crippen LogP contribution < -0.4 is 5.32 Å². The van der Waals surface area contributed by atoms with Crippen LogP contribution in [0.3, 0.4) is 0 Å². The van der Waals surface area contributed by atoms with Crippen molar-refractivity contribution in [3.63, 3.8) is 0 Å². The molecule has 0 radical (unpaired) electrons. The summed E-state index contributed by atoms with van der Waals surface area (Å²) >= 11 is 4.62. The first-order valence-corrected chi connectivity index (χ1v) is 8.03. The fourth-order valence-corrected chi connectivity index (χ4v) is 4.14. The summed E-state index contributed by atoms with van der Waals surface area (Å²) in [5, 5.41) is 3.43. The van der Waals surface area contributed by atoms with Gasteiger partial charge in [0.05, 0.1) is 6.04 Å². The van der Waals surface area contributed by atoms with Gasteiger partial charge in [0.2, 0.25) is 0 Å². The molecule has 0 amide bonds. The number of hydrogen-bond acceptors (Lipinski definition) is 3. The van der Waals surface area contributed by atoms with Crippen molar-refractivity contribution in [3.05, 3.63) is 28.2 Å². The van der Waals surface area contributed by atoms with Crippen LogP contribution in [0.1, 0.15) is 19.3 Å².